The van der Waals surface area contributed by atoms with Crippen molar-refractivity contribution in [3.05, 3.63) is 60.4 Å². The van der Waals surface area contributed by atoms with Gasteiger partial charge >= 0.3 is 29.6 Å². The summed E-state index contributed by atoms with van der Waals surface area (Å²) in [6.45, 7) is 7.25. The van der Waals surface area contributed by atoms with Gasteiger partial charge in [-0.2, -0.15) is 10.4 Å². The van der Waals surface area contributed by atoms with Crippen molar-refractivity contribution in [3.63, 3.8) is 0 Å². The monoisotopic (exact) mass is 555 g/mol. The van der Waals surface area contributed by atoms with Crippen LogP contribution in [-0.2, 0) is 10.1 Å². The summed E-state index contributed by atoms with van der Waals surface area (Å²) in [6, 6.07) is 19.5. The van der Waals surface area contributed by atoms with Crippen LogP contribution in [0.4, 0.5) is 11.4 Å². The zero-order valence-corrected chi connectivity index (χ0v) is 25.5. The van der Waals surface area contributed by atoms with Crippen LogP contribution in [0.2, 0.25) is 0 Å². The number of aliphatic imine (C=N–C) groups is 1. The van der Waals surface area contributed by atoms with Gasteiger partial charge in [-0.15, -0.1) is 9.89 Å². The molecule has 39 heavy (non-hydrogen) atoms. The molecular formula is C27H30N7NaO3S. The van der Waals surface area contributed by atoms with Crippen LogP contribution in [0.5, 0.6) is 0 Å². The van der Waals surface area contributed by atoms with Gasteiger partial charge in [-0.05, 0) is 37.1 Å². The van der Waals surface area contributed by atoms with Gasteiger partial charge in [0.15, 0.2) is 5.82 Å². The molecule has 2 heterocycles. The SMILES string of the molecule is CC(C)(C)C1=Nn2nc(-c3ccccc3)nc2C1=Nc1ccc(N(CCC#N)CCCCS(=O)(=O)[O-])cc1.[Na+]. The second kappa shape index (κ2) is 13.0. The van der Waals surface area contributed by atoms with E-state index < -0.39 is 10.1 Å². The van der Waals surface area contributed by atoms with Gasteiger partial charge in [0.25, 0.3) is 0 Å². The van der Waals surface area contributed by atoms with Crippen LogP contribution >= 0.6 is 0 Å². The molecule has 0 atom stereocenters. The van der Waals surface area contributed by atoms with Crippen LogP contribution in [0.15, 0.2) is 64.7 Å². The van der Waals surface area contributed by atoms with Crippen molar-refractivity contribution >= 4 is 32.9 Å². The fourth-order valence-corrected chi connectivity index (χ4v) is 4.65. The van der Waals surface area contributed by atoms with E-state index in [9.17, 15) is 13.0 Å². The molecule has 1 aliphatic rings. The van der Waals surface area contributed by atoms with Gasteiger partial charge in [0, 0.05) is 35.5 Å². The third kappa shape index (κ3) is 8.06. The summed E-state index contributed by atoms with van der Waals surface area (Å²) in [5.74, 6) is 0.782. The smallest absolute Gasteiger partial charge is 0.748 e. The Balaban J connectivity index is 0.00000420. The number of hydrogen-bond acceptors (Lipinski definition) is 9. The Morgan fingerprint density at radius 2 is 1.74 bits per heavy atom. The van der Waals surface area contributed by atoms with Crippen LogP contribution in [0, 0.1) is 16.7 Å². The summed E-state index contributed by atoms with van der Waals surface area (Å²) in [5.41, 5.74) is 3.69. The molecule has 1 aliphatic heterocycles. The van der Waals surface area contributed by atoms with E-state index >= 15 is 0 Å². The zero-order chi connectivity index (χ0) is 27.3. The fourth-order valence-electron chi connectivity index (χ4n) is 4.09. The van der Waals surface area contributed by atoms with E-state index in [4.69, 9.17) is 20.3 Å². The van der Waals surface area contributed by atoms with Gasteiger partial charge in [0.1, 0.15) is 5.71 Å². The number of rotatable bonds is 10. The number of aromatic nitrogens is 3. The maximum atomic E-state index is 10.9. The molecule has 0 spiro atoms. The number of fused-ring (bicyclic) bond motifs is 1. The first kappa shape index (κ1) is 30.7. The average Bonchev–Trinajstić information content (AvgIpc) is 3.43. The van der Waals surface area contributed by atoms with Crippen molar-refractivity contribution in [2.45, 2.75) is 40.0 Å². The zero-order valence-electron chi connectivity index (χ0n) is 22.7. The minimum Gasteiger partial charge on any atom is -0.748 e. The number of hydrogen-bond donors (Lipinski definition) is 0. The predicted molar refractivity (Wildman–Crippen MR) is 147 cm³/mol. The van der Waals surface area contributed by atoms with Crippen molar-refractivity contribution in [2.24, 2.45) is 15.5 Å². The number of nitriles is 1. The minimum absolute atomic E-state index is 0. The molecule has 0 saturated heterocycles. The van der Waals surface area contributed by atoms with E-state index in [-0.39, 0.29) is 47.1 Å². The second-order valence-electron chi connectivity index (χ2n) is 10.1. The molecule has 0 fully saturated rings. The molecule has 3 aromatic rings. The number of unbranched alkanes of at least 4 members (excludes halogenated alkanes) is 1. The molecule has 4 rings (SSSR count). The molecule has 0 radical (unpaired) electrons. The second-order valence-corrected chi connectivity index (χ2v) is 11.6. The molecule has 1 aromatic heterocycles. The molecule has 0 N–H and O–H groups in total. The first-order valence-electron chi connectivity index (χ1n) is 12.4. The van der Waals surface area contributed by atoms with Crippen LogP contribution in [-0.4, -0.2) is 58.1 Å². The van der Waals surface area contributed by atoms with E-state index in [1.165, 1.54) is 0 Å². The summed E-state index contributed by atoms with van der Waals surface area (Å²) < 4.78 is 32.7. The van der Waals surface area contributed by atoms with E-state index in [1.54, 1.807) is 4.79 Å². The number of anilines is 1. The minimum atomic E-state index is -4.23. The molecule has 0 aliphatic carbocycles. The number of benzene rings is 2. The van der Waals surface area contributed by atoms with Crippen molar-refractivity contribution in [2.75, 3.05) is 23.7 Å². The largest absolute Gasteiger partial charge is 1.00 e. The Hall–Kier alpha value is -2.88. The molecule has 10 nitrogen and oxygen atoms in total. The predicted octanol–water partition coefficient (Wildman–Crippen LogP) is 1.38. The maximum Gasteiger partial charge on any atom is 1.00 e. The van der Waals surface area contributed by atoms with Crippen LogP contribution in [0.3, 0.4) is 0 Å². The Bertz CT molecular complexity index is 1490. The van der Waals surface area contributed by atoms with E-state index in [0.29, 0.717) is 43.3 Å². The Kier molecular flexibility index (Phi) is 10.2. The molecule has 0 bridgehead atoms. The molecule has 2 aromatic carbocycles. The van der Waals surface area contributed by atoms with Gasteiger partial charge in [0.2, 0.25) is 5.82 Å². The summed E-state index contributed by atoms with van der Waals surface area (Å²) in [4.78, 5) is 13.2. The maximum absolute atomic E-state index is 10.9. The van der Waals surface area contributed by atoms with Gasteiger partial charge in [0.05, 0.1) is 34.0 Å². The molecule has 12 heteroatoms. The average molecular weight is 556 g/mol. The molecule has 0 unspecified atom stereocenters. The topological polar surface area (TPSA) is 140 Å². The Morgan fingerprint density at radius 3 is 2.36 bits per heavy atom. The van der Waals surface area contributed by atoms with E-state index in [1.807, 2.05) is 59.5 Å². The van der Waals surface area contributed by atoms with Crippen LogP contribution < -0.4 is 34.5 Å². The van der Waals surface area contributed by atoms with Gasteiger partial charge in [-0.1, -0.05) is 51.1 Å². The van der Waals surface area contributed by atoms with E-state index in [0.717, 1.165) is 22.6 Å². The van der Waals surface area contributed by atoms with Crippen LogP contribution in [0.25, 0.3) is 11.4 Å². The number of nitrogens with zero attached hydrogens (tertiary/aromatic N) is 7. The third-order valence-corrected chi connectivity index (χ3v) is 6.77. The summed E-state index contributed by atoms with van der Waals surface area (Å²) in [5, 5.41) is 18.3. The summed E-state index contributed by atoms with van der Waals surface area (Å²) in [6.07, 6.45) is 1.14. The van der Waals surface area contributed by atoms with Crippen molar-refractivity contribution in [3.8, 4) is 17.5 Å². The normalized spacial score (nSPS) is 13.9. The molecule has 0 saturated carbocycles. The summed E-state index contributed by atoms with van der Waals surface area (Å²) in [7, 11) is -4.23. The Labute approximate surface area is 251 Å². The standard InChI is InChI=1S/C27H31N7O3S.Na/c1-27(2,3)24-23(26-30-25(32-34(26)31-24)20-10-5-4-6-11-20)29-21-12-14-22(15-13-21)33(18-9-16-28)17-7-8-19-38(35,36)37;/h4-6,10-15H,7-9,17-19H2,1-3H3,(H,35,36,37);/q;+1/p-1. The molecular weight excluding hydrogens is 525 g/mol. The first-order valence-corrected chi connectivity index (χ1v) is 14.0. The van der Waals surface area contributed by atoms with Crippen molar-refractivity contribution in [1.29, 1.82) is 5.26 Å². The quantitative estimate of drug-likeness (QED) is 0.209. The van der Waals surface area contributed by atoms with Gasteiger partial charge in [-0.25, -0.2) is 18.4 Å². The van der Waals surface area contributed by atoms with E-state index in [2.05, 4.69) is 31.9 Å². The van der Waals surface area contributed by atoms with Crippen molar-refractivity contribution < 1.29 is 42.5 Å². The van der Waals surface area contributed by atoms with Crippen LogP contribution in [0.1, 0.15) is 45.9 Å². The molecule has 198 valence electrons. The summed E-state index contributed by atoms with van der Waals surface area (Å²) >= 11 is 0. The first-order chi connectivity index (χ1) is 18.0. The van der Waals surface area contributed by atoms with Gasteiger partial charge in [-0.3, -0.25) is 0 Å². The Morgan fingerprint density at radius 1 is 1.05 bits per heavy atom. The molecule has 0 amide bonds. The van der Waals surface area contributed by atoms with Crippen molar-refractivity contribution in [1.82, 2.24) is 14.9 Å². The van der Waals surface area contributed by atoms with Gasteiger partial charge < -0.3 is 9.45 Å². The third-order valence-electron chi connectivity index (χ3n) is 5.99. The fraction of sp³-hybridized carbons (Fsp3) is 0.370.